The monoisotopic (exact) mass is 403 g/mol. The quantitative estimate of drug-likeness (QED) is 0.702. The van der Waals surface area contributed by atoms with Crippen LogP contribution < -0.4 is 10.6 Å². The van der Waals surface area contributed by atoms with Gasteiger partial charge in [-0.1, -0.05) is 12.1 Å². The number of urea groups is 1. The summed E-state index contributed by atoms with van der Waals surface area (Å²) in [5.41, 5.74) is 1.64. The molecule has 156 valence electrons. The maximum Gasteiger partial charge on any atom is 0.322 e. The first kappa shape index (κ1) is 20.8. The molecular weight excluding hydrogens is 377 g/mol. The van der Waals surface area contributed by atoms with Crippen molar-refractivity contribution in [1.29, 1.82) is 0 Å². The van der Waals surface area contributed by atoms with E-state index in [1.165, 1.54) is 21.9 Å². The van der Waals surface area contributed by atoms with E-state index in [0.29, 0.717) is 36.5 Å². The van der Waals surface area contributed by atoms with E-state index in [1.807, 2.05) is 25.9 Å². The fourth-order valence-corrected chi connectivity index (χ4v) is 3.56. The Morgan fingerprint density at radius 3 is 2.59 bits per heavy atom. The van der Waals surface area contributed by atoms with Crippen LogP contribution in [0.15, 0.2) is 35.5 Å². The van der Waals surface area contributed by atoms with E-state index >= 15 is 0 Å². The largest absolute Gasteiger partial charge is 0.353 e. The third-order valence-corrected chi connectivity index (χ3v) is 5.03. The first-order chi connectivity index (χ1) is 13.8. The highest BCUT2D eigenvalue weighted by Crippen LogP contribution is 2.36. The molecule has 0 saturated carbocycles. The highest BCUT2D eigenvalue weighted by Gasteiger charge is 2.43. The van der Waals surface area contributed by atoms with Crippen molar-refractivity contribution >= 4 is 17.8 Å². The van der Waals surface area contributed by atoms with Crippen molar-refractivity contribution in [2.75, 3.05) is 46.8 Å². The van der Waals surface area contributed by atoms with Crippen molar-refractivity contribution in [3.05, 3.63) is 46.9 Å². The number of benzene rings is 1. The van der Waals surface area contributed by atoms with Gasteiger partial charge in [0.2, 0.25) is 5.91 Å². The number of rotatable bonds is 7. The highest BCUT2D eigenvalue weighted by atomic mass is 19.1. The molecule has 29 heavy (non-hydrogen) atoms. The van der Waals surface area contributed by atoms with Crippen molar-refractivity contribution in [2.24, 2.45) is 0 Å². The molecular formula is C20H26FN5O3. The van der Waals surface area contributed by atoms with Gasteiger partial charge in [-0.25, -0.2) is 9.18 Å². The number of amides is 4. The van der Waals surface area contributed by atoms with E-state index in [2.05, 4.69) is 10.6 Å². The summed E-state index contributed by atoms with van der Waals surface area (Å²) in [4.78, 5) is 42.8. The van der Waals surface area contributed by atoms with Crippen molar-refractivity contribution in [2.45, 2.75) is 13.0 Å². The summed E-state index contributed by atoms with van der Waals surface area (Å²) < 4.78 is 13.3. The Morgan fingerprint density at radius 2 is 1.97 bits per heavy atom. The van der Waals surface area contributed by atoms with Crippen molar-refractivity contribution in [3.8, 4) is 0 Å². The minimum Gasteiger partial charge on any atom is -0.353 e. The second-order valence-corrected chi connectivity index (χ2v) is 7.35. The average Bonchev–Trinajstić information content (AvgIpc) is 2.97. The summed E-state index contributed by atoms with van der Waals surface area (Å²) in [7, 11) is 3.82. The van der Waals surface area contributed by atoms with Gasteiger partial charge in [-0.05, 0) is 38.7 Å². The minimum absolute atomic E-state index is 0.0822. The van der Waals surface area contributed by atoms with Gasteiger partial charge in [-0.15, -0.1) is 0 Å². The van der Waals surface area contributed by atoms with Crippen molar-refractivity contribution in [1.82, 2.24) is 25.3 Å². The molecule has 2 N–H and O–H groups in total. The number of carbonyl (C=O) groups is 3. The fraction of sp³-hybridized carbons (Fsp3) is 0.450. The summed E-state index contributed by atoms with van der Waals surface area (Å²) >= 11 is 0. The molecule has 2 aliphatic heterocycles. The van der Waals surface area contributed by atoms with Gasteiger partial charge in [0.25, 0.3) is 5.91 Å². The summed E-state index contributed by atoms with van der Waals surface area (Å²) in [6.07, 6.45) is 0. The topological polar surface area (TPSA) is 85.0 Å². The third kappa shape index (κ3) is 4.40. The summed E-state index contributed by atoms with van der Waals surface area (Å²) in [6.45, 7) is 3.51. The Kier molecular flexibility index (Phi) is 6.17. The van der Waals surface area contributed by atoms with Gasteiger partial charge in [-0.2, -0.15) is 0 Å². The molecule has 4 amide bonds. The molecule has 0 radical (unpaired) electrons. The first-order valence-corrected chi connectivity index (χ1v) is 9.59. The molecule has 1 aromatic carbocycles. The number of likely N-dealkylation sites (N-methyl/N-ethyl adjacent to an activating group) is 2. The normalized spacial score (nSPS) is 19.0. The molecule has 0 bridgehead atoms. The van der Waals surface area contributed by atoms with Crippen LogP contribution in [0.4, 0.5) is 9.18 Å². The smallest absolute Gasteiger partial charge is 0.322 e. The molecule has 1 aromatic rings. The van der Waals surface area contributed by atoms with Crippen LogP contribution in [0.1, 0.15) is 18.5 Å². The standard InChI is InChI=1S/C20H26FN5O3/c1-4-26-15-11-25(12-16(27)22-9-10-24(2)3)19(28)17(15)18(23-20(26)29)13-5-7-14(21)8-6-13/h5-8,18H,4,9-12H2,1-3H3,(H,22,27)(H,23,29). The van der Waals surface area contributed by atoms with Crippen LogP contribution in [0.25, 0.3) is 0 Å². The summed E-state index contributed by atoms with van der Waals surface area (Å²) in [5.74, 6) is -0.940. The Balaban J connectivity index is 1.80. The molecule has 3 rings (SSSR count). The molecule has 0 aliphatic carbocycles. The zero-order chi connectivity index (χ0) is 21.1. The lowest BCUT2D eigenvalue weighted by atomic mass is 9.95. The van der Waals surface area contributed by atoms with Gasteiger partial charge in [-0.3, -0.25) is 14.5 Å². The van der Waals surface area contributed by atoms with Gasteiger partial charge in [0.05, 0.1) is 23.9 Å². The van der Waals surface area contributed by atoms with Crippen LogP contribution >= 0.6 is 0 Å². The molecule has 0 spiro atoms. The second kappa shape index (κ2) is 8.60. The Morgan fingerprint density at radius 1 is 1.28 bits per heavy atom. The number of carbonyl (C=O) groups excluding carboxylic acids is 3. The van der Waals surface area contributed by atoms with Crippen LogP contribution in [0.3, 0.4) is 0 Å². The Labute approximate surface area is 169 Å². The molecule has 8 nitrogen and oxygen atoms in total. The van der Waals surface area contributed by atoms with Crippen molar-refractivity contribution in [3.63, 3.8) is 0 Å². The van der Waals surface area contributed by atoms with E-state index in [-0.39, 0.29) is 30.9 Å². The van der Waals surface area contributed by atoms with Gasteiger partial charge in [0, 0.05) is 19.6 Å². The molecule has 0 fully saturated rings. The Bertz CT molecular complexity index is 837. The molecule has 0 aromatic heterocycles. The highest BCUT2D eigenvalue weighted by molar-refractivity contribution is 6.03. The van der Waals surface area contributed by atoms with E-state index < -0.39 is 11.9 Å². The first-order valence-electron chi connectivity index (χ1n) is 9.59. The van der Waals surface area contributed by atoms with Crippen molar-refractivity contribution < 1.29 is 18.8 Å². The lowest BCUT2D eigenvalue weighted by molar-refractivity contribution is -0.131. The molecule has 1 atom stereocenters. The van der Waals surface area contributed by atoms with Gasteiger partial charge in [0.15, 0.2) is 0 Å². The zero-order valence-electron chi connectivity index (χ0n) is 16.9. The Hall–Kier alpha value is -2.94. The fourth-order valence-electron chi connectivity index (χ4n) is 3.56. The molecule has 2 heterocycles. The van der Waals surface area contributed by atoms with Gasteiger partial charge in [0.1, 0.15) is 12.4 Å². The molecule has 1 unspecified atom stereocenters. The predicted molar refractivity (Wildman–Crippen MR) is 105 cm³/mol. The number of halogens is 1. The lowest BCUT2D eigenvalue weighted by Gasteiger charge is -2.32. The van der Waals surface area contributed by atoms with Crippen LogP contribution in [-0.4, -0.2) is 79.4 Å². The van der Waals surface area contributed by atoms with Gasteiger partial charge < -0.3 is 20.4 Å². The molecule has 9 heteroatoms. The van der Waals surface area contributed by atoms with E-state index in [1.54, 1.807) is 12.1 Å². The maximum absolute atomic E-state index is 13.3. The van der Waals surface area contributed by atoms with Gasteiger partial charge >= 0.3 is 6.03 Å². The zero-order valence-corrected chi connectivity index (χ0v) is 16.9. The van der Waals surface area contributed by atoms with Crippen LogP contribution in [0.2, 0.25) is 0 Å². The number of hydrogen-bond donors (Lipinski definition) is 2. The van der Waals surface area contributed by atoms with E-state index in [4.69, 9.17) is 0 Å². The predicted octanol–water partition coefficient (Wildman–Crippen LogP) is 0.686. The third-order valence-electron chi connectivity index (χ3n) is 5.03. The SMILES string of the molecule is CCN1C(=O)NC(c2ccc(F)cc2)C2=C1CN(CC(=O)NCCN(C)C)C2=O. The summed E-state index contributed by atoms with van der Waals surface area (Å²) in [5, 5.41) is 5.62. The molecule has 0 saturated heterocycles. The van der Waals surface area contributed by atoms with Crippen LogP contribution in [0.5, 0.6) is 0 Å². The maximum atomic E-state index is 13.3. The minimum atomic E-state index is -0.671. The second-order valence-electron chi connectivity index (χ2n) is 7.35. The molecule has 2 aliphatic rings. The van der Waals surface area contributed by atoms with Crippen LogP contribution in [-0.2, 0) is 9.59 Å². The number of hydrogen-bond acceptors (Lipinski definition) is 4. The number of nitrogens with one attached hydrogen (secondary N) is 2. The summed E-state index contributed by atoms with van der Waals surface area (Å²) in [6, 6.07) is 4.71. The average molecular weight is 403 g/mol. The number of nitrogens with zero attached hydrogens (tertiary/aromatic N) is 3. The van der Waals surface area contributed by atoms with Crippen LogP contribution in [0, 0.1) is 5.82 Å². The van der Waals surface area contributed by atoms with E-state index in [9.17, 15) is 18.8 Å². The van der Waals surface area contributed by atoms with E-state index in [0.717, 1.165) is 0 Å². The lowest BCUT2D eigenvalue weighted by Crippen LogP contribution is -2.47.